The average Bonchev–Trinajstić information content (AvgIpc) is 2.53. The lowest BCUT2D eigenvalue weighted by Gasteiger charge is -2.05. The molecule has 0 amide bonds. The molecule has 1 N–H and O–H groups in total. The lowest BCUT2D eigenvalue weighted by atomic mass is 10.3. The lowest BCUT2D eigenvalue weighted by Crippen LogP contribution is -2.03. The van der Waals surface area contributed by atoms with Gasteiger partial charge in [0, 0.05) is 6.07 Å². The third-order valence-corrected chi connectivity index (χ3v) is 3.27. The molecule has 0 heterocycles. The molecule has 10 heteroatoms. The standard InChI is InChI=1S/C12H9N5O4S/c1-21-12(18)7-22-11-3-2-8(4-10(11)17(19)20)15-16-9(5-13)6-14/h2-4,15H,7H2,1H3. The normalized spacial score (nSPS) is 9.05. The van der Waals surface area contributed by atoms with Crippen molar-refractivity contribution in [2.75, 3.05) is 18.3 Å². The molecule has 0 radical (unpaired) electrons. The fraction of sp³-hybridized carbons (Fsp3) is 0.167. The zero-order chi connectivity index (χ0) is 16.5. The van der Waals surface area contributed by atoms with Crippen molar-refractivity contribution in [2.24, 2.45) is 5.10 Å². The van der Waals surface area contributed by atoms with E-state index < -0.39 is 16.6 Å². The van der Waals surface area contributed by atoms with E-state index in [2.05, 4.69) is 15.3 Å². The Morgan fingerprint density at radius 3 is 2.73 bits per heavy atom. The Bertz CT molecular complexity index is 688. The highest BCUT2D eigenvalue weighted by Crippen LogP contribution is 2.31. The molecule has 0 aromatic heterocycles. The number of esters is 1. The van der Waals surface area contributed by atoms with Crippen molar-refractivity contribution in [1.82, 2.24) is 0 Å². The summed E-state index contributed by atoms with van der Waals surface area (Å²) in [6, 6.07) is 7.19. The van der Waals surface area contributed by atoms with Crippen molar-refractivity contribution in [3.05, 3.63) is 28.3 Å². The molecule has 0 saturated heterocycles. The monoisotopic (exact) mass is 319 g/mol. The number of nitriles is 2. The van der Waals surface area contributed by atoms with Gasteiger partial charge in [-0.05, 0) is 12.1 Å². The lowest BCUT2D eigenvalue weighted by molar-refractivity contribution is -0.387. The Labute approximate surface area is 129 Å². The summed E-state index contributed by atoms with van der Waals surface area (Å²) in [7, 11) is 1.23. The second kappa shape index (κ2) is 8.24. The molecule has 112 valence electrons. The van der Waals surface area contributed by atoms with Gasteiger partial charge in [0.1, 0.15) is 12.1 Å². The van der Waals surface area contributed by atoms with E-state index in [0.29, 0.717) is 0 Å². The number of hydrogen-bond donors (Lipinski definition) is 1. The number of hydrazone groups is 1. The van der Waals surface area contributed by atoms with Crippen LogP contribution < -0.4 is 5.43 Å². The summed E-state index contributed by atoms with van der Waals surface area (Å²) in [6.07, 6.45) is 0. The first kappa shape index (κ1) is 16.9. The van der Waals surface area contributed by atoms with E-state index in [-0.39, 0.29) is 22.0 Å². The van der Waals surface area contributed by atoms with Crippen LogP contribution in [0.4, 0.5) is 11.4 Å². The van der Waals surface area contributed by atoms with Gasteiger partial charge in [-0.2, -0.15) is 15.6 Å². The van der Waals surface area contributed by atoms with Crippen LogP contribution in [-0.4, -0.2) is 29.5 Å². The van der Waals surface area contributed by atoms with Crippen LogP contribution in [0.25, 0.3) is 0 Å². The SMILES string of the molecule is COC(=O)CSc1ccc(NN=C(C#N)C#N)cc1[N+](=O)[O-]. The number of thioether (sulfide) groups is 1. The van der Waals surface area contributed by atoms with E-state index in [1.165, 1.54) is 25.3 Å². The third kappa shape index (κ3) is 4.77. The van der Waals surface area contributed by atoms with Crippen LogP contribution in [0.3, 0.4) is 0 Å². The zero-order valence-electron chi connectivity index (χ0n) is 11.3. The van der Waals surface area contributed by atoms with Gasteiger partial charge in [-0.15, -0.1) is 11.8 Å². The molecular formula is C12H9N5O4S. The molecule has 0 saturated carbocycles. The van der Waals surface area contributed by atoms with Crippen LogP contribution >= 0.6 is 11.8 Å². The van der Waals surface area contributed by atoms with Crippen LogP contribution in [0.2, 0.25) is 0 Å². The summed E-state index contributed by atoms with van der Waals surface area (Å²) >= 11 is 0.966. The molecule has 0 atom stereocenters. The molecule has 1 aromatic rings. The van der Waals surface area contributed by atoms with E-state index in [4.69, 9.17) is 10.5 Å². The highest BCUT2D eigenvalue weighted by atomic mass is 32.2. The largest absolute Gasteiger partial charge is 0.468 e. The molecule has 0 unspecified atom stereocenters. The molecule has 0 fully saturated rings. The highest BCUT2D eigenvalue weighted by molar-refractivity contribution is 8.00. The Hall–Kier alpha value is -3.11. The number of nitro benzene ring substituents is 1. The van der Waals surface area contributed by atoms with Crippen LogP contribution in [0.1, 0.15) is 0 Å². The number of carbonyl (C=O) groups excluding carboxylic acids is 1. The number of nitrogens with one attached hydrogen (secondary N) is 1. The number of benzene rings is 1. The smallest absolute Gasteiger partial charge is 0.315 e. The number of carbonyl (C=O) groups is 1. The molecule has 1 rings (SSSR count). The van der Waals surface area contributed by atoms with Crippen molar-refractivity contribution in [3.8, 4) is 12.1 Å². The molecule has 9 nitrogen and oxygen atoms in total. The second-order valence-corrected chi connectivity index (χ2v) is 4.62. The number of ether oxygens (including phenoxy) is 1. The minimum atomic E-state index is -0.607. The topological polar surface area (TPSA) is 141 Å². The first-order valence-electron chi connectivity index (χ1n) is 5.63. The van der Waals surface area contributed by atoms with E-state index in [1.807, 2.05) is 0 Å². The number of anilines is 1. The maximum absolute atomic E-state index is 11.1. The van der Waals surface area contributed by atoms with Gasteiger partial charge in [-0.3, -0.25) is 20.3 Å². The van der Waals surface area contributed by atoms with E-state index >= 15 is 0 Å². The minimum Gasteiger partial charge on any atom is -0.468 e. The van der Waals surface area contributed by atoms with Gasteiger partial charge >= 0.3 is 5.97 Å². The Kier molecular flexibility index (Phi) is 6.34. The molecule has 0 spiro atoms. The molecule has 1 aromatic carbocycles. The zero-order valence-corrected chi connectivity index (χ0v) is 12.1. The van der Waals surface area contributed by atoms with Gasteiger partial charge in [0.2, 0.25) is 5.71 Å². The van der Waals surface area contributed by atoms with E-state index in [0.717, 1.165) is 11.8 Å². The van der Waals surface area contributed by atoms with Crippen LogP contribution in [0, 0.1) is 32.8 Å². The summed E-state index contributed by atoms with van der Waals surface area (Å²) in [4.78, 5) is 21.8. The van der Waals surface area contributed by atoms with Crippen LogP contribution in [-0.2, 0) is 9.53 Å². The van der Waals surface area contributed by atoms with Gasteiger partial charge < -0.3 is 4.74 Å². The summed E-state index contributed by atoms with van der Waals surface area (Å²) in [5.41, 5.74) is 1.97. The number of methoxy groups -OCH3 is 1. The van der Waals surface area contributed by atoms with Crippen molar-refractivity contribution in [3.63, 3.8) is 0 Å². The summed E-state index contributed by atoms with van der Waals surface area (Å²) in [5, 5.41) is 31.6. The van der Waals surface area contributed by atoms with Crippen molar-refractivity contribution in [1.29, 1.82) is 10.5 Å². The molecule has 0 aliphatic rings. The predicted molar refractivity (Wildman–Crippen MR) is 78.1 cm³/mol. The molecule has 0 aliphatic heterocycles. The molecular weight excluding hydrogens is 310 g/mol. The van der Waals surface area contributed by atoms with Gasteiger partial charge in [0.05, 0.1) is 28.4 Å². The van der Waals surface area contributed by atoms with Gasteiger partial charge in [-0.1, -0.05) is 0 Å². The van der Waals surface area contributed by atoms with Crippen molar-refractivity contribution >= 4 is 34.8 Å². The summed E-state index contributed by atoms with van der Waals surface area (Å²) in [5.74, 6) is -0.561. The first-order valence-corrected chi connectivity index (χ1v) is 6.62. The highest BCUT2D eigenvalue weighted by Gasteiger charge is 2.16. The Morgan fingerprint density at radius 1 is 1.50 bits per heavy atom. The first-order chi connectivity index (χ1) is 10.5. The molecule has 0 aliphatic carbocycles. The maximum Gasteiger partial charge on any atom is 0.315 e. The third-order valence-electron chi connectivity index (χ3n) is 2.24. The van der Waals surface area contributed by atoms with Gasteiger partial charge in [0.15, 0.2) is 0 Å². The van der Waals surface area contributed by atoms with Crippen LogP contribution in [0.5, 0.6) is 0 Å². The average molecular weight is 319 g/mol. The molecule has 0 bridgehead atoms. The minimum absolute atomic E-state index is 0.0602. The molecule has 22 heavy (non-hydrogen) atoms. The maximum atomic E-state index is 11.1. The summed E-state index contributed by atoms with van der Waals surface area (Å²) in [6.45, 7) is 0. The fourth-order valence-corrected chi connectivity index (χ4v) is 2.08. The quantitative estimate of drug-likeness (QED) is 0.274. The fourth-order valence-electron chi connectivity index (χ4n) is 1.24. The second-order valence-electron chi connectivity index (χ2n) is 3.60. The number of nitro groups is 1. The van der Waals surface area contributed by atoms with Crippen molar-refractivity contribution in [2.45, 2.75) is 4.90 Å². The van der Waals surface area contributed by atoms with E-state index in [1.54, 1.807) is 12.1 Å². The number of hydrogen-bond acceptors (Lipinski definition) is 9. The summed E-state index contributed by atoms with van der Waals surface area (Å²) < 4.78 is 4.46. The Morgan fingerprint density at radius 2 is 2.18 bits per heavy atom. The number of rotatable bonds is 6. The van der Waals surface area contributed by atoms with Crippen LogP contribution in [0.15, 0.2) is 28.2 Å². The van der Waals surface area contributed by atoms with E-state index in [9.17, 15) is 14.9 Å². The van der Waals surface area contributed by atoms with Crippen molar-refractivity contribution < 1.29 is 14.5 Å². The Balaban J connectivity index is 2.98. The van der Waals surface area contributed by atoms with Gasteiger partial charge in [-0.25, -0.2) is 0 Å². The number of nitrogens with zero attached hydrogens (tertiary/aromatic N) is 4. The predicted octanol–water partition coefficient (Wildman–Crippen LogP) is 1.67. The van der Waals surface area contributed by atoms with Gasteiger partial charge in [0.25, 0.3) is 5.69 Å².